The number of carbonyl (C=O) groups excluding carboxylic acids is 1. The maximum absolute atomic E-state index is 12.6. The Morgan fingerprint density at radius 1 is 1.10 bits per heavy atom. The van der Waals surface area contributed by atoms with Crippen LogP contribution in [0.4, 0.5) is 0 Å². The van der Waals surface area contributed by atoms with Gasteiger partial charge in [-0.3, -0.25) is 9.78 Å². The Balaban J connectivity index is 2.29. The third kappa shape index (κ3) is 3.11. The van der Waals surface area contributed by atoms with Crippen LogP contribution < -0.4 is 0 Å². The van der Waals surface area contributed by atoms with Gasteiger partial charge in [0.15, 0.2) is 5.78 Å². The lowest BCUT2D eigenvalue weighted by Gasteiger charge is -2.29. The molecule has 0 aliphatic rings. The molecule has 0 saturated heterocycles. The topological polar surface area (TPSA) is 33.2 Å². The second-order valence-electron chi connectivity index (χ2n) is 5.21. The molecular weight excluding hydrogens is 248 g/mol. The molecule has 1 aromatic carbocycles. The van der Waals surface area contributed by atoms with Crippen molar-refractivity contribution in [2.75, 3.05) is 14.1 Å². The number of aromatic nitrogens is 1. The highest BCUT2D eigenvalue weighted by atomic mass is 16.1. The van der Waals surface area contributed by atoms with E-state index in [0.717, 1.165) is 11.1 Å². The van der Waals surface area contributed by atoms with Gasteiger partial charge in [0, 0.05) is 29.9 Å². The van der Waals surface area contributed by atoms with Crippen LogP contribution in [-0.2, 0) is 0 Å². The van der Waals surface area contributed by atoms with Gasteiger partial charge in [-0.05, 0) is 25.7 Å². The maximum Gasteiger partial charge on any atom is 0.167 e. The van der Waals surface area contributed by atoms with Crippen LogP contribution in [0, 0.1) is 5.92 Å². The molecule has 0 N–H and O–H groups in total. The van der Waals surface area contributed by atoms with E-state index >= 15 is 0 Å². The molecule has 104 valence electrons. The molecule has 3 nitrogen and oxygen atoms in total. The fourth-order valence-corrected chi connectivity index (χ4v) is 2.59. The first-order chi connectivity index (χ1) is 9.61. The zero-order valence-electron chi connectivity index (χ0n) is 12.2. The summed E-state index contributed by atoms with van der Waals surface area (Å²) in [4.78, 5) is 18.9. The number of nitrogens with zero attached hydrogens (tertiary/aromatic N) is 2. The van der Waals surface area contributed by atoms with Gasteiger partial charge >= 0.3 is 0 Å². The average Bonchev–Trinajstić information content (AvgIpc) is 2.48. The van der Waals surface area contributed by atoms with E-state index in [4.69, 9.17) is 0 Å². The largest absolute Gasteiger partial charge is 0.302 e. The summed E-state index contributed by atoms with van der Waals surface area (Å²) in [6, 6.07) is 13.4. The summed E-state index contributed by atoms with van der Waals surface area (Å²) in [5, 5.41) is 0. The van der Waals surface area contributed by atoms with Crippen molar-refractivity contribution in [1.82, 2.24) is 9.88 Å². The molecule has 3 heteroatoms. The second-order valence-corrected chi connectivity index (χ2v) is 5.21. The molecule has 2 rings (SSSR count). The molecule has 0 aliphatic heterocycles. The van der Waals surface area contributed by atoms with Crippen molar-refractivity contribution in [3.63, 3.8) is 0 Å². The molecule has 0 bridgehead atoms. The van der Waals surface area contributed by atoms with Crippen LogP contribution in [-0.4, -0.2) is 29.8 Å². The highest BCUT2D eigenvalue weighted by Crippen LogP contribution is 2.28. The Morgan fingerprint density at radius 2 is 1.80 bits per heavy atom. The Labute approximate surface area is 120 Å². The van der Waals surface area contributed by atoms with E-state index in [0.29, 0.717) is 0 Å². The predicted octanol–water partition coefficient (Wildman–Crippen LogP) is 3.20. The molecule has 0 fully saturated rings. The molecular formula is C17H20N2O. The smallest absolute Gasteiger partial charge is 0.167 e. The van der Waals surface area contributed by atoms with E-state index < -0.39 is 0 Å². The van der Waals surface area contributed by atoms with Crippen LogP contribution >= 0.6 is 0 Å². The Hall–Kier alpha value is -2.00. The van der Waals surface area contributed by atoms with E-state index in [9.17, 15) is 4.79 Å². The van der Waals surface area contributed by atoms with Gasteiger partial charge in [-0.2, -0.15) is 0 Å². The number of rotatable bonds is 5. The quantitative estimate of drug-likeness (QED) is 0.781. The summed E-state index contributed by atoms with van der Waals surface area (Å²) in [6.45, 7) is 1.98. The molecule has 0 aliphatic carbocycles. The number of hydrogen-bond donors (Lipinski definition) is 0. The number of benzene rings is 1. The number of Topliss-reactive ketones (excluding diaryl/α,β-unsaturated/α-hetero) is 1. The first kappa shape index (κ1) is 14.4. The van der Waals surface area contributed by atoms with Gasteiger partial charge in [0.1, 0.15) is 0 Å². The fraction of sp³-hybridized carbons (Fsp3) is 0.294. The van der Waals surface area contributed by atoms with Crippen molar-refractivity contribution in [3.05, 3.63) is 66.0 Å². The van der Waals surface area contributed by atoms with Crippen LogP contribution in [0.1, 0.15) is 28.9 Å². The molecule has 1 heterocycles. The summed E-state index contributed by atoms with van der Waals surface area (Å²) >= 11 is 0. The van der Waals surface area contributed by atoms with Crippen LogP contribution in [0.15, 0.2) is 54.9 Å². The molecule has 0 spiro atoms. The van der Waals surface area contributed by atoms with Gasteiger partial charge in [0.2, 0.25) is 0 Å². The van der Waals surface area contributed by atoms with E-state index in [1.807, 2.05) is 69.7 Å². The lowest BCUT2D eigenvalue weighted by molar-refractivity contribution is 0.0851. The SMILES string of the molecule is C[C@@H](C(=O)c1ccccc1)[C@@H](c1cccnc1)N(C)C. The van der Waals surface area contributed by atoms with E-state index in [-0.39, 0.29) is 17.7 Å². The second kappa shape index (κ2) is 6.44. The third-order valence-corrected chi connectivity index (χ3v) is 3.53. The highest BCUT2D eigenvalue weighted by Gasteiger charge is 2.28. The number of carbonyl (C=O) groups is 1. The zero-order valence-corrected chi connectivity index (χ0v) is 12.2. The van der Waals surface area contributed by atoms with E-state index in [2.05, 4.69) is 9.88 Å². The van der Waals surface area contributed by atoms with Gasteiger partial charge in [0.05, 0.1) is 0 Å². The minimum atomic E-state index is -0.128. The van der Waals surface area contributed by atoms with Gasteiger partial charge in [0.25, 0.3) is 0 Å². The summed E-state index contributed by atoms with van der Waals surface area (Å²) < 4.78 is 0. The van der Waals surface area contributed by atoms with Gasteiger partial charge < -0.3 is 4.90 Å². The van der Waals surface area contributed by atoms with Crippen molar-refractivity contribution in [3.8, 4) is 0 Å². The van der Waals surface area contributed by atoms with E-state index in [1.165, 1.54) is 0 Å². The zero-order chi connectivity index (χ0) is 14.5. The Morgan fingerprint density at radius 3 is 2.35 bits per heavy atom. The molecule has 20 heavy (non-hydrogen) atoms. The Kier molecular flexibility index (Phi) is 4.64. The third-order valence-electron chi connectivity index (χ3n) is 3.53. The van der Waals surface area contributed by atoms with Crippen molar-refractivity contribution in [1.29, 1.82) is 0 Å². The monoisotopic (exact) mass is 268 g/mol. The van der Waals surface area contributed by atoms with Crippen molar-refractivity contribution in [2.24, 2.45) is 5.92 Å². The van der Waals surface area contributed by atoms with Gasteiger partial charge in [-0.15, -0.1) is 0 Å². The lowest BCUT2D eigenvalue weighted by atomic mass is 9.88. The minimum Gasteiger partial charge on any atom is -0.302 e. The van der Waals surface area contributed by atoms with Crippen LogP contribution in [0.2, 0.25) is 0 Å². The normalized spacial score (nSPS) is 14.0. The van der Waals surface area contributed by atoms with Gasteiger partial charge in [-0.25, -0.2) is 0 Å². The van der Waals surface area contributed by atoms with Crippen LogP contribution in [0.25, 0.3) is 0 Å². The fourth-order valence-electron chi connectivity index (χ4n) is 2.59. The Bertz CT molecular complexity index is 552. The summed E-state index contributed by atoms with van der Waals surface area (Å²) in [6.07, 6.45) is 3.58. The van der Waals surface area contributed by atoms with E-state index in [1.54, 1.807) is 6.20 Å². The molecule has 1 aromatic heterocycles. The summed E-state index contributed by atoms with van der Waals surface area (Å²) in [7, 11) is 3.98. The maximum atomic E-state index is 12.6. The van der Waals surface area contributed by atoms with Gasteiger partial charge in [-0.1, -0.05) is 43.3 Å². The van der Waals surface area contributed by atoms with Crippen LogP contribution in [0.3, 0.4) is 0 Å². The standard InChI is InChI=1S/C17H20N2O/c1-13(17(20)14-8-5-4-6-9-14)16(19(2)3)15-10-7-11-18-12-15/h4-13,16H,1-3H3/t13-,16+/m1/s1. The van der Waals surface area contributed by atoms with Crippen molar-refractivity contribution < 1.29 is 4.79 Å². The van der Waals surface area contributed by atoms with Crippen molar-refractivity contribution in [2.45, 2.75) is 13.0 Å². The average molecular weight is 268 g/mol. The molecule has 0 saturated carbocycles. The summed E-state index contributed by atoms with van der Waals surface area (Å²) in [5.41, 5.74) is 1.82. The first-order valence-electron chi connectivity index (χ1n) is 6.77. The minimum absolute atomic E-state index is 0.0245. The predicted molar refractivity (Wildman–Crippen MR) is 80.6 cm³/mol. The molecule has 0 amide bonds. The van der Waals surface area contributed by atoms with Crippen LogP contribution in [0.5, 0.6) is 0 Å². The lowest BCUT2D eigenvalue weighted by Crippen LogP contribution is -2.30. The molecule has 0 unspecified atom stereocenters. The number of pyridine rings is 1. The molecule has 0 radical (unpaired) electrons. The number of hydrogen-bond acceptors (Lipinski definition) is 3. The summed E-state index contributed by atoms with van der Waals surface area (Å²) in [5.74, 6) is 0.0322. The number of ketones is 1. The first-order valence-corrected chi connectivity index (χ1v) is 6.77. The highest BCUT2D eigenvalue weighted by molar-refractivity contribution is 5.98. The molecule has 2 aromatic rings. The molecule has 2 atom stereocenters. The van der Waals surface area contributed by atoms with Crippen molar-refractivity contribution >= 4 is 5.78 Å².